The Hall–Kier alpha value is -3.71. The highest BCUT2D eigenvalue weighted by Crippen LogP contribution is 2.28. The van der Waals surface area contributed by atoms with Gasteiger partial charge in [0.05, 0.1) is 11.0 Å². The molecule has 0 aliphatic heterocycles. The third-order valence-corrected chi connectivity index (χ3v) is 5.10. The quantitative estimate of drug-likeness (QED) is 0.383. The van der Waals surface area contributed by atoms with Gasteiger partial charge in [0, 0.05) is 18.2 Å². The van der Waals surface area contributed by atoms with Crippen molar-refractivity contribution in [2.75, 3.05) is 0 Å². The zero-order chi connectivity index (χ0) is 20.5. The van der Waals surface area contributed by atoms with Gasteiger partial charge >= 0.3 is 0 Å². The smallest absolute Gasteiger partial charge is 0.284 e. The SMILES string of the molecule is Cn1c(-c2ccc(OCc3ccccc3)cc2)nc2cc(-c3n[nH]c(=S)o3)ccc21. The van der Waals surface area contributed by atoms with Gasteiger partial charge in [-0.25, -0.2) is 10.1 Å². The van der Waals surface area contributed by atoms with E-state index in [4.69, 9.17) is 26.4 Å². The van der Waals surface area contributed by atoms with Crippen LogP contribution in [-0.4, -0.2) is 19.7 Å². The van der Waals surface area contributed by atoms with Crippen molar-refractivity contribution >= 4 is 23.3 Å². The fourth-order valence-corrected chi connectivity index (χ4v) is 3.51. The molecular weight excluding hydrogens is 396 g/mol. The Morgan fingerprint density at radius 3 is 2.50 bits per heavy atom. The van der Waals surface area contributed by atoms with E-state index in [0.717, 1.165) is 39.3 Å². The molecule has 5 rings (SSSR count). The number of H-pyrrole nitrogens is 1. The summed E-state index contributed by atoms with van der Waals surface area (Å²) in [5, 5.41) is 6.73. The molecule has 0 amide bonds. The maximum atomic E-state index is 5.88. The fourth-order valence-electron chi connectivity index (χ4n) is 3.39. The number of hydrogen-bond donors (Lipinski definition) is 1. The minimum atomic E-state index is 0.251. The van der Waals surface area contributed by atoms with Gasteiger partial charge in [0.15, 0.2) is 0 Å². The van der Waals surface area contributed by atoms with E-state index in [2.05, 4.69) is 14.8 Å². The van der Waals surface area contributed by atoms with Gasteiger partial charge in [0.1, 0.15) is 18.2 Å². The molecule has 148 valence electrons. The van der Waals surface area contributed by atoms with Gasteiger partial charge in [-0.05, 0) is 60.2 Å². The highest BCUT2D eigenvalue weighted by atomic mass is 32.1. The summed E-state index contributed by atoms with van der Waals surface area (Å²) in [7, 11) is 2.00. The van der Waals surface area contributed by atoms with Crippen molar-refractivity contribution in [2.45, 2.75) is 6.61 Å². The number of nitrogens with one attached hydrogen (secondary N) is 1. The van der Waals surface area contributed by atoms with Crippen LogP contribution in [0.4, 0.5) is 0 Å². The van der Waals surface area contributed by atoms with Crippen LogP contribution in [0.1, 0.15) is 5.56 Å². The molecule has 0 fully saturated rings. The maximum Gasteiger partial charge on any atom is 0.284 e. The monoisotopic (exact) mass is 414 g/mol. The first-order valence-corrected chi connectivity index (χ1v) is 9.88. The van der Waals surface area contributed by atoms with Crippen molar-refractivity contribution in [1.82, 2.24) is 19.7 Å². The van der Waals surface area contributed by atoms with Crippen LogP contribution in [0.25, 0.3) is 33.9 Å². The summed E-state index contributed by atoms with van der Waals surface area (Å²) in [5.41, 5.74) is 4.86. The van der Waals surface area contributed by atoms with Crippen LogP contribution in [0, 0.1) is 4.84 Å². The topological polar surface area (TPSA) is 68.9 Å². The lowest BCUT2D eigenvalue weighted by Crippen LogP contribution is -1.95. The van der Waals surface area contributed by atoms with Crippen LogP contribution in [0.2, 0.25) is 0 Å². The van der Waals surface area contributed by atoms with Gasteiger partial charge in [-0.1, -0.05) is 30.3 Å². The molecule has 0 unspecified atom stereocenters. The molecule has 30 heavy (non-hydrogen) atoms. The molecule has 0 spiro atoms. The zero-order valence-corrected chi connectivity index (χ0v) is 17.0. The first-order chi connectivity index (χ1) is 14.7. The fraction of sp³-hybridized carbons (Fsp3) is 0.0870. The molecule has 2 aromatic heterocycles. The van der Waals surface area contributed by atoms with Crippen LogP contribution >= 0.6 is 12.2 Å². The molecule has 7 heteroatoms. The molecule has 0 aliphatic rings. The Morgan fingerprint density at radius 1 is 1.00 bits per heavy atom. The summed E-state index contributed by atoms with van der Waals surface area (Å²) in [6.45, 7) is 0.541. The average molecular weight is 414 g/mol. The van der Waals surface area contributed by atoms with Crippen molar-refractivity contribution in [3.05, 3.63) is 83.2 Å². The molecule has 1 N–H and O–H groups in total. The third kappa shape index (κ3) is 3.51. The minimum Gasteiger partial charge on any atom is -0.489 e. The lowest BCUT2D eigenvalue weighted by molar-refractivity contribution is 0.306. The molecule has 0 saturated heterocycles. The standard InChI is InChI=1S/C23H18N4O2S/c1-27-20-12-9-17(22-25-26-23(30)29-22)13-19(20)24-21(27)16-7-10-18(11-8-16)28-14-15-5-3-2-4-6-15/h2-13H,14H2,1H3,(H,26,30). The first kappa shape index (κ1) is 18.3. The molecule has 0 atom stereocenters. The number of aromatic amines is 1. The molecule has 5 aromatic rings. The molecule has 2 heterocycles. The summed E-state index contributed by atoms with van der Waals surface area (Å²) in [6, 6.07) is 24.0. The van der Waals surface area contributed by atoms with Gasteiger partial charge in [0.25, 0.3) is 4.84 Å². The number of fused-ring (bicyclic) bond motifs is 1. The highest BCUT2D eigenvalue weighted by molar-refractivity contribution is 7.71. The minimum absolute atomic E-state index is 0.251. The number of benzene rings is 3. The van der Waals surface area contributed by atoms with E-state index in [1.807, 2.05) is 79.8 Å². The summed E-state index contributed by atoms with van der Waals surface area (Å²) >= 11 is 4.96. The molecular formula is C23H18N4O2S. The second-order valence-electron chi connectivity index (χ2n) is 6.91. The van der Waals surface area contributed by atoms with Crippen molar-refractivity contribution in [3.8, 4) is 28.6 Å². The lowest BCUT2D eigenvalue weighted by Gasteiger charge is -2.07. The number of hydrogen-bond acceptors (Lipinski definition) is 5. The van der Waals surface area contributed by atoms with E-state index in [9.17, 15) is 0 Å². The number of ether oxygens (including phenoxy) is 1. The van der Waals surface area contributed by atoms with E-state index in [0.29, 0.717) is 12.5 Å². The van der Waals surface area contributed by atoms with Crippen LogP contribution in [0.5, 0.6) is 5.75 Å². The Labute approximate surface area is 177 Å². The van der Waals surface area contributed by atoms with E-state index in [1.165, 1.54) is 0 Å². The van der Waals surface area contributed by atoms with Gasteiger partial charge in [0.2, 0.25) is 5.89 Å². The Balaban J connectivity index is 1.41. The average Bonchev–Trinajstić information content (AvgIpc) is 3.36. The molecule has 3 aromatic carbocycles. The molecule has 0 aliphatic carbocycles. The number of aromatic nitrogens is 4. The number of aryl methyl sites for hydroxylation is 1. The van der Waals surface area contributed by atoms with E-state index < -0.39 is 0 Å². The Bertz CT molecular complexity index is 1370. The van der Waals surface area contributed by atoms with E-state index >= 15 is 0 Å². The second kappa shape index (κ2) is 7.61. The van der Waals surface area contributed by atoms with Gasteiger partial charge in [-0.15, -0.1) is 5.10 Å². The van der Waals surface area contributed by atoms with Crippen LogP contribution in [0.3, 0.4) is 0 Å². The Kier molecular flexibility index (Phi) is 4.65. The normalized spacial score (nSPS) is 11.1. The third-order valence-electron chi connectivity index (χ3n) is 4.93. The van der Waals surface area contributed by atoms with Crippen LogP contribution in [0.15, 0.2) is 77.2 Å². The molecule has 0 bridgehead atoms. The van der Waals surface area contributed by atoms with Gasteiger partial charge in [-0.3, -0.25) is 0 Å². The molecule has 0 saturated carbocycles. The second-order valence-corrected chi connectivity index (χ2v) is 7.29. The molecule has 0 radical (unpaired) electrons. The first-order valence-electron chi connectivity index (χ1n) is 9.47. The van der Waals surface area contributed by atoms with E-state index in [-0.39, 0.29) is 4.84 Å². The van der Waals surface area contributed by atoms with Crippen molar-refractivity contribution in [3.63, 3.8) is 0 Å². The van der Waals surface area contributed by atoms with Crippen molar-refractivity contribution < 1.29 is 9.15 Å². The van der Waals surface area contributed by atoms with Crippen molar-refractivity contribution in [2.24, 2.45) is 7.05 Å². The highest BCUT2D eigenvalue weighted by Gasteiger charge is 2.13. The van der Waals surface area contributed by atoms with E-state index in [1.54, 1.807) is 0 Å². The largest absolute Gasteiger partial charge is 0.489 e. The summed E-state index contributed by atoms with van der Waals surface area (Å²) in [6.07, 6.45) is 0. The van der Waals surface area contributed by atoms with Crippen LogP contribution < -0.4 is 4.74 Å². The number of imidazole rings is 1. The van der Waals surface area contributed by atoms with Gasteiger partial charge < -0.3 is 13.7 Å². The maximum absolute atomic E-state index is 5.88. The lowest BCUT2D eigenvalue weighted by atomic mass is 10.2. The Morgan fingerprint density at radius 2 is 1.77 bits per heavy atom. The predicted octanol–water partition coefficient (Wildman–Crippen LogP) is 5.53. The summed E-state index contributed by atoms with van der Waals surface area (Å²) < 4.78 is 13.4. The van der Waals surface area contributed by atoms with Crippen LogP contribution in [-0.2, 0) is 13.7 Å². The van der Waals surface area contributed by atoms with Crippen molar-refractivity contribution in [1.29, 1.82) is 0 Å². The zero-order valence-electron chi connectivity index (χ0n) is 16.2. The molecule has 6 nitrogen and oxygen atoms in total. The predicted molar refractivity (Wildman–Crippen MR) is 118 cm³/mol. The summed E-state index contributed by atoms with van der Waals surface area (Å²) in [4.78, 5) is 5.07. The number of rotatable bonds is 5. The summed E-state index contributed by atoms with van der Waals surface area (Å²) in [5.74, 6) is 2.15. The number of nitrogens with zero attached hydrogens (tertiary/aromatic N) is 3. The van der Waals surface area contributed by atoms with Gasteiger partial charge in [-0.2, -0.15) is 0 Å².